The number of carbonyl (C=O) groups is 3. The second-order valence-electron chi connectivity index (χ2n) is 15.2. The Labute approximate surface area is 295 Å². The van der Waals surface area contributed by atoms with Crippen LogP contribution in [0, 0.1) is 23.7 Å². The summed E-state index contributed by atoms with van der Waals surface area (Å²) in [5.74, 6) is -0.442. The molecule has 7 N–H and O–H groups in total. The summed E-state index contributed by atoms with van der Waals surface area (Å²) in [6, 6.07) is 13.3. The van der Waals surface area contributed by atoms with Crippen molar-refractivity contribution in [3.8, 4) is 0 Å². The number of fused-ring (bicyclic) bond motifs is 2. The van der Waals surface area contributed by atoms with Gasteiger partial charge in [-0.1, -0.05) is 24.3 Å². The van der Waals surface area contributed by atoms with Gasteiger partial charge in [-0.2, -0.15) is 0 Å². The van der Waals surface area contributed by atoms with Crippen LogP contribution in [0.5, 0.6) is 0 Å². The zero-order valence-electron chi connectivity index (χ0n) is 28.5. The summed E-state index contributed by atoms with van der Waals surface area (Å²) in [5, 5.41) is 4.16. The lowest BCUT2D eigenvalue weighted by atomic mass is 10.1. The van der Waals surface area contributed by atoms with Crippen molar-refractivity contribution in [3.63, 3.8) is 0 Å². The van der Waals surface area contributed by atoms with E-state index in [1.807, 2.05) is 0 Å². The summed E-state index contributed by atoms with van der Waals surface area (Å²) in [7, 11) is -8.06. The van der Waals surface area contributed by atoms with Crippen LogP contribution < -0.4 is 20.5 Å². The number of hydrogen-bond donors (Lipinski definition) is 6. The molecular formula is C35H42N6O8S2. The van der Waals surface area contributed by atoms with Crippen molar-refractivity contribution in [3.05, 3.63) is 60.9 Å². The number of nitrogens with two attached hydrogens (primary N) is 1. The maximum atomic E-state index is 13.1. The van der Waals surface area contributed by atoms with Crippen molar-refractivity contribution in [1.82, 2.24) is 24.7 Å². The third kappa shape index (κ3) is 6.96. The lowest BCUT2D eigenvalue weighted by molar-refractivity contribution is -0.123. The number of hydrogen-bond acceptors (Lipinski definition) is 9. The Morgan fingerprint density at radius 3 is 1.73 bits per heavy atom. The van der Waals surface area contributed by atoms with E-state index in [2.05, 4.69) is 24.7 Å². The topological polar surface area (TPSA) is 222 Å². The molecule has 0 saturated heterocycles. The lowest BCUT2D eigenvalue weighted by Crippen LogP contribution is -2.53. The van der Waals surface area contributed by atoms with E-state index in [0.29, 0.717) is 35.7 Å². The van der Waals surface area contributed by atoms with Crippen LogP contribution in [-0.4, -0.2) is 61.4 Å². The molecule has 4 aliphatic rings. The molecule has 0 unspecified atom stereocenters. The highest BCUT2D eigenvalue weighted by Crippen LogP contribution is 2.57. The molecule has 272 valence electrons. The Morgan fingerprint density at radius 1 is 0.745 bits per heavy atom. The average Bonchev–Trinajstić information content (AvgIpc) is 3.90. The van der Waals surface area contributed by atoms with Crippen LogP contribution in [0.2, 0.25) is 0 Å². The molecule has 2 aromatic heterocycles. The maximum Gasteiger partial charge on any atom is 0.408 e. The van der Waals surface area contributed by atoms with E-state index < -0.39 is 54.6 Å². The number of aromatic nitrogens is 2. The standard InChI is InChI=1S/C20H25N3O5S.C15H17N3O3S/c1-19(2,3)28-18(25)22-20(11-14(20)12-7-8-12)17(24)23-29(26,27)15-6-4-5-13-9-10-21-16(13)15;16-15(8-11(15)9-4-5-9)14(19)18-22(20,21)12-3-1-2-10-6-7-17-13(10)12/h4-6,9-10,12,14,21H,7-8,11H2,1-3H3,(H,22,25)(H,23,24);1-3,6-7,9,11,17H,4-5,8,16H2,(H,18,19)/t14-,20+;11-,15+/m00/s1. The van der Waals surface area contributed by atoms with Crippen LogP contribution in [0.15, 0.2) is 70.7 Å². The second-order valence-corrected chi connectivity index (χ2v) is 18.5. The molecule has 4 aliphatic carbocycles. The van der Waals surface area contributed by atoms with Crippen molar-refractivity contribution in [2.24, 2.45) is 29.4 Å². The quantitative estimate of drug-likeness (QED) is 0.147. The summed E-state index contributed by atoms with van der Waals surface area (Å²) in [4.78, 5) is 43.5. The van der Waals surface area contributed by atoms with Crippen LogP contribution in [0.1, 0.15) is 59.3 Å². The fraction of sp³-hybridized carbons (Fsp3) is 0.457. The normalized spacial score (nSPS) is 25.7. The largest absolute Gasteiger partial charge is 0.444 e. The number of carbonyl (C=O) groups excluding carboxylic acids is 3. The molecule has 51 heavy (non-hydrogen) atoms. The van der Waals surface area contributed by atoms with Gasteiger partial charge >= 0.3 is 6.09 Å². The highest BCUT2D eigenvalue weighted by molar-refractivity contribution is 7.90. The summed E-state index contributed by atoms with van der Waals surface area (Å²) in [6.45, 7) is 5.18. The predicted octanol–water partition coefficient (Wildman–Crippen LogP) is 3.77. The van der Waals surface area contributed by atoms with Crippen molar-refractivity contribution < 1.29 is 36.0 Å². The predicted molar refractivity (Wildman–Crippen MR) is 188 cm³/mol. The first kappa shape index (κ1) is 35.0. The molecule has 4 fully saturated rings. The van der Waals surface area contributed by atoms with Gasteiger partial charge in [0.2, 0.25) is 0 Å². The van der Waals surface area contributed by atoms with Crippen molar-refractivity contribution in [1.29, 1.82) is 0 Å². The lowest BCUT2D eigenvalue weighted by Gasteiger charge is -2.24. The van der Waals surface area contributed by atoms with E-state index in [-0.39, 0.29) is 21.6 Å². The summed E-state index contributed by atoms with van der Waals surface area (Å²) in [5.41, 5.74) is 4.00. The molecule has 2 heterocycles. The highest BCUT2D eigenvalue weighted by Gasteiger charge is 2.66. The summed E-state index contributed by atoms with van der Waals surface area (Å²) >= 11 is 0. The zero-order chi connectivity index (χ0) is 36.6. The van der Waals surface area contributed by atoms with Gasteiger partial charge in [0, 0.05) is 23.2 Å². The first-order valence-electron chi connectivity index (χ1n) is 17.0. The van der Waals surface area contributed by atoms with Crippen LogP contribution in [-0.2, 0) is 34.4 Å². The van der Waals surface area contributed by atoms with Gasteiger partial charge in [-0.15, -0.1) is 0 Å². The van der Waals surface area contributed by atoms with E-state index in [4.69, 9.17) is 10.5 Å². The van der Waals surface area contributed by atoms with Gasteiger partial charge in [0.15, 0.2) is 0 Å². The minimum atomic E-state index is -4.12. The maximum absolute atomic E-state index is 13.1. The SMILES string of the molecule is CC(C)(C)OC(=O)N[C@]1(C(=O)NS(=O)(=O)c2cccc3cc[nH]c23)C[C@H]1C1CC1.N[C@]1(C(=O)NS(=O)(=O)c2cccc3cc[nH]c23)C[C@H]1C1CC1. The highest BCUT2D eigenvalue weighted by atomic mass is 32.2. The number of benzene rings is 2. The Bertz CT molecular complexity index is 2270. The van der Waals surface area contributed by atoms with E-state index >= 15 is 0 Å². The van der Waals surface area contributed by atoms with Crippen LogP contribution in [0.3, 0.4) is 0 Å². The van der Waals surface area contributed by atoms with Gasteiger partial charge in [-0.3, -0.25) is 9.59 Å². The van der Waals surface area contributed by atoms with Crippen molar-refractivity contribution >= 4 is 59.8 Å². The molecule has 0 spiro atoms. The van der Waals surface area contributed by atoms with Gasteiger partial charge < -0.3 is 25.8 Å². The Morgan fingerprint density at radius 2 is 1.24 bits per heavy atom. The molecule has 4 saturated carbocycles. The zero-order valence-corrected chi connectivity index (χ0v) is 30.1. The van der Waals surface area contributed by atoms with Crippen LogP contribution >= 0.6 is 0 Å². The molecule has 0 radical (unpaired) electrons. The fourth-order valence-corrected chi connectivity index (χ4v) is 9.54. The molecule has 16 heteroatoms. The smallest absolute Gasteiger partial charge is 0.408 e. The van der Waals surface area contributed by atoms with Crippen LogP contribution in [0.25, 0.3) is 21.8 Å². The third-order valence-corrected chi connectivity index (χ3v) is 12.9. The number of rotatable bonds is 9. The van der Waals surface area contributed by atoms with E-state index in [0.717, 1.165) is 36.5 Å². The number of alkyl carbamates (subject to hydrolysis) is 1. The fourth-order valence-electron chi connectivity index (χ4n) is 7.06. The van der Waals surface area contributed by atoms with Crippen molar-refractivity contribution in [2.45, 2.75) is 85.8 Å². The second kappa shape index (κ2) is 12.1. The Balaban J connectivity index is 0.000000165. The third-order valence-electron chi connectivity index (χ3n) is 10.1. The first-order chi connectivity index (χ1) is 23.9. The van der Waals surface area contributed by atoms with Gasteiger partial charge in [-0.05, 0) is 107 Å². The Kier molecular flexibility index (Phi) is 8.30. The Hall–Kier alpha value is -4.41. The van der Waals surface area contributed by atoms with Gasteiger partial charge in [0.05, 0.1) is 16.6 Å². The summed E-state index contributed by atoms with van der Waals surface area (Å²) in [6.07, 6.45) is 7.70. The number of H-pyrrole nitrogens is 2. The monoisotopic (exact) mass is 738 g/mol. The molecule has 0 aliphatic heterocycles. The first-order valence-corrected chi connectivity index (χ1v) is 20.0. The minimum Gasteiger partial charge on any atom is -0.444 e. The number of ether oxygens (including phenoxy) is 1. The number of nitrogens with one attached hydrogen (secondary N) is 5. The summed E-state index contributed by atoms with van der Waals surface area (Å²) < 4.78 is 60.5. The number of aromatic amines is 2. The molecule has 0 bridgehead atoms. The number of sulfonamides is 2. The molecule has 3 amide bonds. The molecule has 2 aromatic carbocycles. The average molecular weight is 739 g/mol. The van der Waals surface area contributed by atoms with E-state index in [1.165, 1.54) is 12.1 Å². The molecular weight excluding hydrogens is 697 g/mol. The molecule has 4 atom stereocenters. The van der Waals surface area contributed by atoms with Gasteiger partial charge in [0.1, 0.15) is 20.9 Å². The van der Waals surface area contributed by atoms with Crippen molar-refractivity contribution in [2.75, 3.05) is 0 Å². The molecule has 4 aromatic rings. The molecule has 8 rings (SSSR count). The molecule has 14 nitrogen and oxygen atoms in total. The number of para-hydroxylation sites is 2. The number of amides is 3. The van der Waals surface area contributed by atoms with E-state index in [1.54, 1.807) is 69.6 Å². The van der Waals surface area contributed by atoms with Gasteiger partial charge in [0.25, 0.3) is 31.9 Å². The van der Waals surface area contributed by atoms with E-state index in [9.17, 15) is 31.2 Å². The van der Waals surface area contributed by atoms with Gasteiger partial charge in [-0.25, -0.2) is 31.1 Å². The minimum absolute atomic E-state index is 0.00982. The van der Waals surface area contributed by atoms with Crippen LogP contribution in [0.4, 0.5) is 4.79 Å².